The van der Waals surface area contributed by atoms with Gasteiger partial charge in [0, 0.05) is 6.20 Å². The Kier molecular flexibility index (Phi) is 4.75. The number of aliphatic hydroxyl groups is 1. The summed E-state index contributed by atoms with van der Waals surface area (Å²) in [5.74, 6) is -2.11. The van der Waals surface area contributed by atoms with E-state index in [1.54, 1.807) is 26.0 Å². The number of rotatable bonds is 3. The van der Waals surface area contributed by atoms with E-state index in [4.69, 9.17) is 0 Å². The third-order valence-electron chi connectivity index (χ3n) is 5.66. The Balaban J connectivity index is 1.78. The number of benzene rings is 1. The van der Waals surface area contributed by atoms with Gasteiger partial charge < -0.3 is 14.6 Å². The third kappa shape index (κ3) is 3.18. The molecule has 0 saturated carbocycles. The van der Waals surface area contributed by atoms with E-state index in [2.05, 4.69) is 15.2 Å². The number of amides is 1. The van der Waals surface area contributed by atoms with Crippen LogP contribution < -0.4 is 4.90 Å². The number of aromatic hydroxyl groups is 1. The normalized spacial score (nSPS) is 17.9. The number of Topliss-reactive ketones (excluding diaryl/α,β-unsaturated/α-hetero) is 1. The number of hydrogen-bond donors (Lipinski definition) is 2. The van der Waals surface area contributed by atoms with Crippen molar-refractivity contribution in [2.24, 2.45) is 0 Å². The molecule has 1 aromatic carbocycles. The van der Waals surface area contributed by atoms with Crippen LogP contribution in [0.2, 0.25) is 0 Å². The Morgan fingerprint density at radius 1 is 1.09 bits per heavy atom. The van der Waals surface area contributed by atoms with Gasteiger partial charge in [-0.15, -0.1) is 10.2 Å². The van der Waals surface area contributed by atoms with Crippen molar-refractivity contribution in [2.45, 2.75) is 26.8 Å². The summed E-state index contributed by atoms with van der Waals surface area (Å²) in [5.41, 5.74) is 2.69. The number of phenols is 1. The number of carbonyl (C=O) groups is 2. The van der Waals surface area contributed by atoms with Crippen LogP contribution in [0.1, 0.15) is 33.6 Å². The zero-order valence-corrected chi connectivity index (χ0v) is 18.8. The minimum absolute atomic E-state index is 0.0360. The fourth-order valence-corrected chi connectivity index (χ4v) is 4.81. The number of imidazole rings is 1. The van der Waals surface area contributed by atoms with Crippen molar-refractivity contribution in [3.63, 3.8) is 0 Å². The van der Waals surface area contributed by atoms with Gasteiger partial charge in [0.25, 0.3) is 5.78 Å². The van der Waals surface area contributed by atoms with Crippen LogP contribution in [0.4, 0.5) is 5.13 Å². The van der Waals surface area contributed by atoms with Gasteiger partial charge >= 0.3 is 5.91 Å². The molecule has 1 aliphatic rings. The number of hydrogen-bond acceptors (Lipinski definition) is 8. The molecule has 1 atom stereocenters. The van der Waals surface area contributed by atoms with Crippen LogP contribution in [0.3, 0.4) is 0 Å². The zero-order chi connectivity index (χ0) is 23.4. The highest BCUT2D eigenvalue weighted by Crippen LogP contribution is 2.43. The van der Waals surface area contributed by atoms with Gasteiger partial charge in [-0.05, 0) is 50.1 Å². The lowest BCUT2D eigenvalue weighted by Gasteiger charge is -2.22. The van der Waals surface area contributed by atoms with Crippen LogP contribution in [-0.4, -0.2) is 41.5 Å². The minimum atomic E-state index is -1.00. The molecule has 33 heavy (non-hydrogen) atoms. The second-order valence-electron chi connectivity index (χ2n) is 7.80. The average molecular weight is 462 g/mol. The number of aromatic nitrogens is 4. The summed E-state index contributed by atoms with van der Waals surface area (Å²) < 4.78 is 1.82. The summed E-state index contributed by atoms with van der Waals surface area (Å²) in [6.45, 7) is 5.42. The predicted molar refractivity (Wildman–Crippen MR) is 122 cm³/mol. The molecule has 3 aromatic heterocycles. The molecule has 1 unspecified atom stereocenters. The molecule has 1 fully saturated rings. The summed E-state index contributed by atoms with van der Waals surface area (Å²) in [5, 5.41) is 30.3. The highest BCUT2D eigenvalue weighted by molar-refractivity contribution is 7.15. The molecule has 0 bridgehead atoms. The maximum absolute atomic E-state index is 13.2. The molecule has 4 aromatic rings. The molecule has 10 heteroatoms. The van der Waals surface area contributed by atoms with Gasteiger partial charge in [0.2, 0.25) is 5.13 Å². The molecular formula is C23H19N5O4S. The van der Waals surface area contributed by atoms with Crippen LogP contribution in [0.15, 0.2) is 48.2 Å². The predicted octanol–water partition coefficient (Wildman–Crippen LogP) is 3.44. The number of phenolic OH excluding ortho intramolecular Hbond substituents is 1. The Bertz CT molecular complexity index is 1490. The second kappa shape index (κ2) is 7.52. The number of anilines is 1. The van der Waals surface area contributed by atoms with E-state index < -0.39 is 17.7 Å². The molecule has 0 radical (unpaired) electrons. The monoisotopic (exact) mass is 461 g/mol. The first-order valence-electron chi connectivity index (χ1n) is 10.1. The van der Waals surface area contributed by atoms with Gasteiger partial charge in [-0.3, -0.25) is 14.5 Å². The maximum Gasteiger partial charge on any atom is 0.301 e. The summed E-state index contributed by atoms with van der Waals surface area (Å²) in [4.78, 5) is 32.1. The first-order chi connectivity index (χ1) is 15.8. The Hall–Kier alpha value is -4.05. The van der Waals surface area contributed by atoms with Gasteiger partial charge in [0.1, 0.15) is 22.1 Å². The fourth-order valence-electron chi connectivity index (χ4n) is 4.10. The van der Waals surface area contributed by atoms with Crippen molar-refractivity contribution in [1.82, 2.24) is 19.6 Å². The second-order valence-corrected chi connectivity index (χ2v) is 8.96. The third-order valence-corrected chi connectivity index (χ3v) is 6.50. The van der Waals surface area contributed by atoms with Crippen LogP contribution in [0.25, 0.3) is 11.4 Å². The van der Waals surface area contributed by atoms with Crippen molar-refractivity contribution in [3.05, 3.63) is 75.7 Å². The molecule has 5 rings (SSSR count). The van der Waals surface area contributed by atoms with E-state index in [0.29, 0.717) is 21.9 Å². The molecule has 9 nitrogen and oxygen atoms in total. The first kappa shape index (κ1) is 20.8. The van der Waals surface area contributed by atoms with Crippen molar-refractivity contribution >= 4 is 39.6 Å². The van der Waals surface area contributed by atoms with Crippen LogP contribution >= 0.6 is 11.3 Å². The molecular weight excluding hydrogens is 442 g/mol. The number of carbonyl (C=O) groups excluding carboxylic acids is 2. The number of ketones is 1. The molecule has 1 aliphatic heterocycles. The molecule has 4 heterocycles. The lowest BCUT2D eigenvalue weighted by Crippen LogP contribution is -2.29. The first-order valence-corrected chi connectivity index (χ1v) is 10.9. The zero-order valence-electron chi connectivity index (χ0n) is 18.0. The van der Waals surface area contributed by atoms with Crippen molar-refractivity contribution in [1.29, 1.82) is 0 Å². The van der Waals surface area contributed by atoms with Gasteiger partial charge in [0.05, 0.1) is 17.3 Å². The molecule has 166 valence electrons. The topological polar surface area (TPSA) is 121 Å². The number of nitrogens with zero attached hydrogens (tertiary/aromatic N) is 5. The quantitative estimate of drug-likeness (QED) is 0.272. The van der Waals surface area contributed by atoms with Gasteiger partial charge in [-0.1, -0.05) is 29.5 Å². The Morgan fingerprint density at radius 2 is 1.88 bits per heavy atom. The van der Waals surface area contributed by atoms with Gasteiger partial charge in [0.15, 0.2) is 5.76 Å². The molecule has 1 saturated heterocycles. The smallest absolute Gasteiger partial charge is 0.301 e. The highest BCUT2D eigenvalue weighted by Gasteiger charge is 2.48. The summed E-state index contributed by atoms with van der Waals surface area (Å²) in [6, 6.07) is 8.97. The summed E-state index contributed by atoms with van der Waals surface area (Å²) >= 11 is 1.16. The SMILES string of the molecule is Cc1nnc(N2C(=O)C(=O)/C(=C(/O)c3nc4c(C)cccn4c3C)C2c2cccc(O)c2)s1. The van der Waals surface area contributed by atoms with E-state index in [1.165, 1.54) is 17.0 Å². The van der Waals surface area contributed by atoms with E-state index in [0.717, 1.165) is 16.9 Å². The van der Waals surface area contributed by atoms with Crippen LogP contribution in [0, 0.1) is 20.8 Å². The van der Waals surface area contributed by atoms with Gasteiger partial charge in [-0.25, -0.2) is 4.98 Å². The van der Waals surface area contributed by atoms with Crippen molar-refractivity contribution in [3.8, 4) is 5.75 Å². The lowest BCUT2D eigenvalue weighted by molar-refractivity contribution is -0.132. The highest BCUT2D eigenvalue weighted by atomic mass is 32.1. The number of aryl methyl sites for hydroxylation is 3. The molecule has 0 spiro atoms. The van der Waals surface area contributed by atoms with Crippen LogP contribution in [-0.2, 0) is 9.59 Å². The van der Waals surface area contributed by atoms with Gasteiger partial charge in [-0.2, -0.15) is 0 Å². The largest absolute Gasteiger partial charge is 0.508 e. The lowest BCUT2D eigenvalue weighted by atomic mass is 9.96. The number of aliphatic hydroxyl groups excluding tert-OH is 1. The molecule has 0 aliphatic carbocycles. The van der Waals surface area contributed by atoms with E-state index >= 15 is 0 Å². The fraction of sp³-hybridized carbons (Fsp3) is 0.174. The Morgan fingerprint density at radius 3 is 2.55 bits per heavy atom. The molecule has 2 N–H and O–H groups in total. The van der Waals surface area contributed by atoms with E-state index in [-0.39, 0.29) is 27.9 Å². The van der Waals surface area contributed by atoms with Crippen molar-refractivity contribution in [2.75, 3.05) is 4.90 Å². The number of pyridine rings is 1. The van der Waals surface area contributed by atoms with Crippen molar-refractivity contribution < 1.29 is 19.8 Å². The standard InChI is InChI=1S/C23H19N5O4S/c1-11-6-5-9-27-12(2)17(24-21(11)27)19(30)16-18(14-7-4-8-15(29)10-14)28(22(32)20(16)31)23-26-25-13(3)33-23/h4-10,18,29-30H,1-3H3/b19-16+. The summed E-state index contributed by atoms with van der Waals surface area (Å²) in [7, 11) is 0. The van der Waals surface area contributed by atoms with Crippen LogP contribution in [0.5, 0.6) is 5.75 Å². The maximum atomic E-state index is 13.2. The average Bonchev–Trinajstić information content (AvgIpc) is 3.43. The molecule has 1 amide bonds. The van der Waals surface area contributed by atoms with E-state index in [1.807, 2.05) is 29.7 Å². The van der Waals surface area contributed by atoms with E-state index in [9.17, 15) is 19.8 Å². The minimum Gasteiger partial charge on any atom is -0.508 e. The Labute approximate surface area is 192 Å². The number of fused-ring (bicyclic) bond motifs is 1. The summed E-state index contributed by atoms with van der Waals surface area (Å²) in [6.07, 6.45) is 1.82.